The van der Waals surface area contributed by atoms with E-state index in [1.165, 1.54) is 5.69 Å². The van der Waals surface area contributed by atoms with Crippen molar-refractivity contribution in [1.29, 1.82) is 0 Å². The lowest BCUT2D eigenvalue weighted by molar-refractivity contribution is -0.131. The summed E-state index contributed by atoms with van der Waals surface area (Å²) in [5, 5.41) is 0. The Labute approximate surface area is 142 Å². The van der Waals surface area contributed by atoms with E-state index >= 15 is 0 Å². The standard InChI is InChI=1S/C19H23N3O2/c1-24-18-4-2-3-16(15-18)5-6-19(23)22-13-11-21(12-14-22)17-7-9-20-10-8-17/h2-4,7-10,15H,5-6,11-14H2,1H3. The van der Waals surface area contributed by atoms with Crippen LogP contribution in [0.1, 0.15) is 12.0 Å². The first-order chi connectivity index (χ1) is 11.8. The summed E-state index contributed by atoms with van der Waals surface area (Å²) < 4.78 is 5.23. The van der Waals surface area contributed by atoms with Crippen molar-refractivity contribution in [2.45, 2.75) is 12.8 Å². The molecular formula is C19H23N3O2. The summed E-state index contributed by atoms with van der Waals surface area (Å²) in [6.07, 6.45) is 4.91. The molecule has 1 amide bonds. The van der Waals surface area contributed by atoms with Crippen molar-refractivity contribution in [1.82, 2.24) is 9.88 Å². The molecule has 0 atom stereocenters. The number of hydrogen-bond donors (Lipinski definition) is 0. The van der Waals surface area contributed by atoms with Gasteiger partial charge in [0.2, 0.25) is 5.91 Å². The van der Waals surface area contributed by atoms with Crippen molar-refractivity contribution in [3.05, 3.63) is 54.4 Å². The predicted molar refractivity (Wildman–Crippen MR) is 94.3 cm³/mol. The van der Waals surface area contributed by atoms with Gasteiger partial charge in [0, 0.05) is 50.7 Å². The fraction of sp³-hybridized carbons (Fsp3) is 0.368. The molecule has 0 saturated carbocycles. The number of ether oxygens (including phenoxy) is 1. The van der Waals surface area contributed by atoms with E-state index < -0.39 is 0 Å². The smallest absolute Gasteiger partial charge is 0.223 e. The minimum absolute atomic E-state index is 0.229. The number of carbonyl (C=O) groups is 1. The predicted octanol–water partition coefficient (Wildman–Crippen LogP) is 2.37. The summed E-state index contributed by atoms with van der Waals surface area (Å²) in [4.78, 5) is 20.8. The second-order valence-electron chi connectivity index (χ2n) is 5.92. The third kappa shape index (κ3) is 4.04. The van der Waals surface area contributed by atoms with Crippen molar-refractivity contribution in [3.63, 3.8) is 0 Å². The molecule has 126 valence electrons. The molecule has 0 radical (unpaired) electrons. The van der Waals surface area contributed by atoms with Gasteiger partial charge in [-0.3, -0.25) is 9.78 Å². The average molecular weight is 325 g/mol. The molecule has 1 aromatic carbocycles. The number of aromatic nitrogens is 1. The Hall–Kier alpha value is -2.56. The molecule has 5 nitrogen and oxygen atoms in total. The molecule has 24 heavy (non-hydrogen) atoms. The Bertz CT molecular complexity index is 667. The van der Waals surface area contributed by atoms with E-state index in [2.05, 4.69) is 9.88 Å². The number of aryl methyl sites for hydroxylation is 1. The Morgan fingerprint density at radius 3 is 2.58 bits per heavy atom. The maximum absolute atomic E-state index is 12.4. The quantitative estimate of drug-likeness (QED) is 0.847. The Morgan fingerprint density at radius 2 is 1.88 bits per heavy atom. The fourth-order valence-electron chi connectivity index (χ4n) is 3.01. The molecule has 5 heteroatoms. The molecule has 0 spiro atoms. The van der Waals surface area contributed by atoms with Crippen LogP contribution in [0.4, 0.5) is 5.69 Å². The summed E-state index contributed by atoms with van der Waals surface area (Å²) in [5.74, 6) is 1.07. The van der Waals surface area contributed by atoms with Crippen molar-refractivity contribution in [2.75, 3.05) is 38.2 Å². The lowest BCUT2D eigenvalue weighted by Gasteiger charge is -2.36. The van der Waals surface area contributed by atoms with E-state index in [1.54, 1.807) is 19.5 Å². The van der Waals surface area contributed by atoms with Crippen LogP contribution in [-0.2, 0) is 11.2 Å². The number of pyridine rings is 1. The van der Waals surface area contributed by atoms with Crippen molar-refractivity contribution < 1.29 is 9.53 Å². The largest absolute Gasteiger partial charge is 0.497 e. The van der Waals surface area contributed by atoms with Crippen LogP contribution in [0, 0.1) is 0 Å². The van der Waals surface area contributed by atoms with E-state index in [9.17, 15) is 4.79 Å². The Kier molecular flexibility index (Phi) is 5.31. The van der Waals surface area contributed by atoms with Crippen LogP contribution in [0.2, 0.25) is 0 Å². The van der Waals surface area contributed by atoms with Crippen LogP contribution in [0.15, 0.2) is 48.8 Å². The van der Waals surface area contributed by atoms with Crippen LogP contribution in [-0.4, -0.2) is 49.1 Å². The molecule has 1 aromatic heterocycles. The summed E-state index contributed by atoms with van der Waals surface area (Å²) in [6, 6.07) is 11.9. The van der Waals surface area contributed by atoms with E-state index in [4.69, 9.17) is 4.74 Å². The van der Waals surface area contributed by atoms with Crippen LogP contribution in [0.25, 0.3) is 0 Å². The molecule has 3 rings (SSSR count). The molecule has 0 bridgehead atoms. The van der Waals surface area contributed by atoms with Gasteiger partial charge in [0.05, 0.1) is 7.11 Å². The first kappa shape index (κ1) is 16.3. The van der Waals surface area contributed by atoms with Gasteiger partial charge in [-0.2, -0.15) is 0 Å². The number of carbonyl (C=O) groups excluding carboxylic acids is 1. The maximum Gasteiger partial charge on any atom is 0.223 e. The molecular weight excluding hydrogens is 302 g/mol. The van der Waals surface area contributed by atoms with Gasteiger partial charge in [0.15, 0.2) is 0 Å². The molecule has 0 aliphatic carbocycles. The van der Waals surface area contributed by atoms with E-state index in [0.717, 1.165) is 43.9 Å². The minimum Gasteiger partial charge on any atom is -0.497 e. The zero-order valence-electron chi connectivity index (χ0n) is 14.0. The monoisotopic (exact) mass is 325 g/mol. The Balaban J connectivity index is 1.48. The van der Waals surface area contributed by atoms with Crippen LogP contribution in [0.5, 0.6) is 5.75 Å². The number of nitrogens with zero attached hydrogens (tertiary/aromatic N) is 3. The number of benzene rings is 1. The topological polar surface area (TPSA) is 45.7 Å². The van der Waals surface area contributed by atoms with Gasteiger partial charge in [-0.1, -0.05) is 12.1 Å². The lowest BCUT2D eigenvalue weighted by Crippen LogP contribution is -2.48. The second kappa shape index (κ2) is 7.81. The molecule has 1 aliphatic heterocycles. The van der Waals surface area contributed by atoms with Crippen LogP contribution < -0.4 is 9.64 Å². The van der Waals surface area contributed by atoms with Crippen LogP contribution >= 0.6 is 0 Å². The van der Waals surface area contributed by atoms with Gasteiger partial charge < -0.3 is 14.5 Å². The molecule has 1 fully saturated rings. The zero-order valence-corrected chi connectivity index (χ0v) is 14.0. The summed E-state index contributed by atoms with van der Waals surface area (Å²) in [5.41, 5.74) is 2.31. The van der Waals surface area contributed by atoms with E-state index in [-0.39, 0.29) is 5.91 Å². The molecule has 0 unspecified atom stereocenters. The number of piperazine rings is 1. The minimum atomic E-state index is 0.229. The summed E-state index contributed by atoms with van der Waals surface area (Å²) in [7, 11) is 1.66. The van der Waals surface area contributed by atoms with Gasteiger partial charge in [-0.05, 0) is 36.2 Å². The third-order valence-corrected chi connectivity index (χ3v) is 4.42. The van der Waals surface area contributed by atoms with Gasteiger partial charge in [-0.15, -0.1) is 0 Å². The summed E-state index contributed by atoms with van der Waals surface area (Å²) in [6.45, 7) is 3.29. The van der Waals surface area contributed by atoms with Gasteiger partial charge in [0.25, 0.3) is 0 Å². The lowest BCUT2D eigenvalue weighted by atomic mass is 10.1. The second-order valence-corrected chi connectivity index (χ2v) is 5.92. The number of hydrogen-bond acceptors (Lipinski definition) is 4. The maximum atomic E-state index is 12.4. The summed E-state index contributed by atoms with van der Waals surface area (Å²) >= 11 is 0. The highest BCUT2D eigenvalue weighted by Gasteiger charge is 2.20. The first-order valence-corrected chi connectivity index (χ1v) is 8.32. The average Bonchev–Trinajstić information content (AvgIpc) is 2.67. The van der Waals surface area contributed by atoms with E-state index in [0.29, 0.717) is 6.42 Å². The Morgan fingerprint density at radius 1 is 1.12 bits per heavy atom. The number of rotatable bonds is 5. The molecule has 0 N–H and O–H groups in total. The molecule has 1 saturated heterocycles. The number of methoxy groups -OCH3 is 1. The first-order valence-electron chi connectivity index (χ1n) is 8.32. The van der Waals surface area contributed by atoms with Crippen molar-refractivity contribution in [3.8, 4) is 5.75 Å². The van der Waals surface area contributed by atoms with Gasteiger partial charge >= 0.3 is 0 Å². The third-order valence-electron chi connectivity index (χ3n) is 4.42. The van der Waals surface area contributed by atoms with Gasteiger partial charge in [-0.25, -0.2) is 0 Å². The highest BCUT2D eigenvalue weighted by molar-refractivity contribution is 5.76. The molecule has 2 aromatic rings. The number of anilines is 1. The highest BCUT2D eigenvalue weighted by Crippen LogP contribution is 2.17. The number of amides is 1. The normalized spacial score (nSPS) is 14.5. The fourth-order valence-corrected chi connectivity index (χ4v) is 3.01. The SMILES string of the molecule is COc1cccc(CCC(=O)N2CCN(c3ccncc3)CC2)c1. The van der Waals surface area contributed by atoms with Gasteiger partial charge in [0.1, 0.15) is 5.75 Å². The van der Waals surface area contributed by atoms with Crippen molar-refractivity contribution >= 4 is 11.6 Å². The molecule has 2 heterocycles. The zero-order chi connectivity index (χ0) is 16.8. The van der Waals surface area contributed by atoms with E-state index in [1.807, 2.05) is 41.3 Å². The highest BCUT2D eigenvalue weighted by atomic mass is 16.5. The van der Waals surface area contributed by atoms with Crippen molar-refractivity contribution in [2.24, 2.45) is 0 Å². The van der Waals surface area contributed by atoms with Crippen LogP contribution in [0.3, 0.4) is 0 Å². The molecule has 1 aliphatic rings.